The summed E-state index contributed by atoms with van der Waals surface area (Å²) in [6.07, 6.45) is 1.66. The number of benzene rings is 1. The number of hydrogen-bond acceptors (Lipinski definition) is 6. The molecule has 3 N–H and O–H groups in total. The molecule has 132 valence electrons. The number of nitrogens with zero attached hydrogens (tertiary/aromatic N) is 4. The fraction of sp³-hybridized carbons (Fsp3) is 0.0625. The summed E-state index contributed by atoms with van der Waals surface area (Å²) >= 11 is 9.01. The minimum absolute atomic E-state index is 0.0901. The number of thiol groups is 1. The average Bonchev–Trinajstić information content (AvgIpc) is 2.70. The predicted octanol–water partition coefficient (Wildman–Crippen LogP) is 2.12. The van der Waals surface area contributed by atoms with Crippen molar-refractivity contribution in [3.05, 3.63) is 59.9 Å². The van der Waals surface area contributed by atoms with E-state index in [0.717, 1.165) is 0 Å². The first kappa shape index (κ1) is 19.2. The number of carbonyl (C=O) groups excluding carboxylic acids is 1. The van der Waals surface area contributed by atoms with E-state index in [1.165, 1.54) is 5.01 Å². The fourth-order valence-corrected chi connectivity index (χ4v) is 2.14. The average molecular weight is 385 g/mol. The van der Waals surface area contributed by atoms with Crippen molar-refractivity contribution in [3.8, 4) is 6.07 Å². The van der Waals surface area contributed by atoms with Gasteiger partial charge in [-0.15, -0.1) is 0 Å². The van der Waals surface area contributed by atoms with Gasteiger partial charge in [0.2, 0.25) is 5.11 Å². The molecule has 0 saturated carbocycles. The SMILES string of the molecule is CC(=NNC(=S)N(NC(=O)NS)c1cccc(C#N)c1)c1ccccn1. The zero-order valence-corrected chi connectivity index (χ0v) is 15.4. The number of thiocarbonyl (C=S) groups is 1. The molecule has 0 aliphatic heterocycles. The van der Waals surface area contributed by atoms with Crippen molar-refractivity contribution in [2.24, 2.45) is 5.10 Å². The number of rotatable bonds is 3. The van der Waals surface area contributed by atoms with Gasteiger partial charge in [0, 0.05) is 6.20 Å². The molecule has 0 saturated heterocycles. The van der Waals surface area contributed by atoms with Gasteiger partial charge in [-0.05, 0) is 49.5 Å². The number of aromatic nitrogens is 1. The molecule has 0 spiro atoms. The number of anilines is 1. The highest BCUT2D eigenvalue weighted by atomic mass is 32.1. The van der Waals surface area contributed by atoms with Gasteiger partial charge in [0.1, 0.15) is 0 Å². The van der Waals surface area contributed by atoms with Crippen molar-refractivity contribution in [3.63, 3.8) is 0 Å². The second-order valence-electron chi connectivity index (χ2n) is 4.88. The van der Waals surface area contributed by atoms with Crippen LogP contribution in [0.25, 0.3) is 0 Å². The maximum Gasteiger partial charge on any atom is 0.343 e. The number of nitriles is 1. The molecule has 0 fully saturated rings. The van der Waals surface area contributed by atoms with Gasteiger partial charge in [0.25, 0.3) is 0 Å². The monoisotopic (exact) mass is 385 g/mol. The summed E-state index contributed by atoms with van der Waals surface area (Å²) in [6.45, 7) is 1.77. The molecule has 0 unspecified atom stereocenters. The van der Waals surface area contributed by atoms with E-state index in [9.17, 15) is 4.79 Å². The minimum Gasteiger partial charge on any atom is -0.283 e. The number of carbonyl (C=O) groups is 1. The Morgan fingerprint density at radius 3 is 2.81 bits per heavy atom. The zero-order chi connectivity index (χ0) is 18.9. The number of hydrazone groups is 1. The first-order valence-electron chi connectivity index (χ1n) is 7.32. The second kappa shape index (κ2) is 9.36. The molecule has 10 heteroatoms. The van der Waals surface area contributed by atoms with Crippen LogP contribution in [-0.4, -0.2) is 21.8 Å². The number of pyridine rings is 1. The molecule has 0 bridgehead atoms. The summed E-state index contributed by atoms with van der Waals surface area (Å²) in [5.74, 6) is 0. The van der Waals surface area contributed by atoms with E-state index >= 15 is 0 Å². The van der Waals surface area contributed by atoms with E-state index in [0.29, 0.717) is 22.7 Å². The highest BCUT2D eigenvalue weighted by Gasteiger charge is 2.15. The fourth-order valence-electron chi connectivity index (χ4n) is 1.89. The Balaban J connectivity index is 2.23. The van der Waals surface area contributed by atoms with Gasteiger partial charge in [0.15, 0.2) is 0 Å². The van der Waals surface area contributed by atoms with Crippen molar-refractivity contribution < 1.29 is 4.79 Å². The third-order valence-electron chi connectivity index (χ3n) is 3.11. The van der Waals surface area contributed by atoms with Crippen molar-refractivity contribution in [1.82, 2.24) is 20.6 Å². The Morgan fingerprint density at radius 1 is 1.35 bits per heavy atom. The third kappa shape index (κ3) is 5.17. The van der Waals surface area contributed by atoms with Crippen LogP contribution in [0.4, 0.5) is 10.5 Å². The van der Waals surface area contributed by atoms with Crippen LogP contribution in [0.5, 0.6) is 0 Å². The van der Waals surface area contributed by atoms with E-state index in [4.69, 9.17) is 17.5 Å². The van der Waals surface area contributed by atoms with Gasteiger partial charge in [-0.2, -0.15) is 10.4 Å². The zero-order valence-electron chi connectivity index (χ0n) is 13.7. The summed E-state index contributed by atoms with van der Waals surface area (Å²) in [5.41, 5.74) is 7.39. The Bertz CT molecular complexity index is 864. The van der Waals surface area contributed by atoms with Crippen LogP contribution in [0.15, 0.2) is 53.8 Å². The molecule has 26 heavy (non-hydrogen) atoms. The van der Waals surface area contributed by atoms with Crippen LogP contribution in [0.3, 0.4) is 0 Å². The lowest BCUT2D eigenvalue weighted by Crippen LogP contribution is -2.51. The Kier molecular flexibility index (Phi) is 6.90. The van der Waals surface area contributed by atoms with E-state index in [2.05, 4.69) is 38.5 Å². The summed E-state index contributed by atoms with van der Waals surface area (Å²) in [6, 6.07) is 13.5. The summed E-state index contributed by atoms with van der Waals surface area (Å²) in [7, 11) is 0. The molecule has 0 atom stereocenters. The van der Waals surface area contributed by atoms with Crippen molar-refractivity contribution in [1.29, 1.82) is 5.26 Å². The summed E-state index contributed by atoms with van der Waals surface area (Å²) < 4.78 is 2.14. The van der Waals surface area contributed by atoms with Gasteiger partial charge < -0.3 is 0 Å². The van der Waals surface area contributed by atoms with Crippen LogP contribution in [0, 0.1) is 11.3 Å². The van der Waals surface area contributed by atoms with Crippen LogP contribution in [0.2, 0.25) is 0 Å². The summed E-state index contributed by atoms with van der Waals surface area (Å²) in [4.78, 5) is 15.9. The van der Waals surface area contributed by atoms with Crippen LogP contribution in [-0.2, 0) is 0 Å². The Morgan fingerprint density at radius 2 is 2.15 bits per heavy atom. The van der Waals surface area contributed by atoms with Crippen molar-refractivity contribution >= 4 is 47.6 Å². The highest BCUT2D eigenvalue weighted by molar-refractivity contribution is 7.80. The minimum atomic E-state index is -0.606. The first-order valence-corrected chi connectivity index (χ1v) is 8.17. The third-order valence-corrected chi connectivity index (χ3v) is 3.58. The number of urea groups is 1. The van der Waals surface area contributed by atoms with E-state index in [1.54, 1.807) is 43.5 Å². The van der Waals surface area contributed by atoms with Crippen molar-refractivity contribution in [2.45, 2.75) is 6.92 Å². The van der Waals surface area contributed by atoms with Gasteiger partial charge in [-0.1, -0.05) is 24.9 Å². The molecule has 2 rings (SSSR count). The Labute approximate surface area is 161 Å². The molecule has 1 heterocycles. The van der Waals surface area contributed by atoms with E-state index in [1.807, 2.05) is 18.2 Å². The molecule has 1 aromatic carbocycles. The van der Waals surface area contributed by atoms with Gasteiger partial charge in [-0.3, -0.25) is 15.1 Å². The predicted molar refractivity (Wildman–Crippen MR) is 106 cm³/mol. The molecular formula is C16H15N7OS2. The normalized spacial score (nSPS) is 10.4. The highest BCUT2D eigenvalue weighted by Crippen LogP contribution is 2.14. The lowest BCUT2D eigenvalue weighted by Gasteiger charge is -2.24. The molecule has 2 amide bonds. The molecule has 0 radical (unpaired) electrons. The van der Waals surface area contributed by atoms with Gasteiger partial charge in [-0.25, -0.2) is 15.2 Å². The van der Waals surface area contributed by atoms with Crippen LogP contribution >= 0.6 is 25.0 Å². The maximum atomic E-state index is 11.7. The van der Waals surface area contributed by atoms with Crippen molar-refractivity contribution in [2.75, 3.05) is 5.01 Å². The topological polar surface area (TPSA) is 105 Å². The number of hydrazine groups is 1. The maximum absolute atomic E-state index is 11.7. The van der Waals surface area contributed by atoms with E-state index < -0.39 is 6.03 Å². The molecule has 1 aromatic heterocycles. The molecule has 8 nitrogen and oxygen atoms in total. The molecule has 2 aromatic rings. The van der Waals surface area contributed by atoms with Gasteiger partial charge >= 0.3 is 6.03 Å². The Hall–Kier alpha value is -3.16. The lowest BCUT2D eigenvalue weighted by molar-refractivity contribution is 0.247. The second-order valence-corrected chi connectivity index (χ2v) is 5.49. The molecule has 0 aliphatic carbocycles. The van der Waals surface area contributed by atoms with Crippen LogP contribution in [0.1, 0.15) is 18.2 Å². The van der Waals surface area contributed by atoms with Crippen LogP contribution < -0.4 is 20.6 Å². The first-order chi connectivity index (χ1) is 12.5. The number of amides is 2. The number of hydrogen-bond donors (Lipinski definition) is 4. The van der Waals surface area contributed by atoms with E-state index in [-0.39, 0.29) is 5.11 Å². The quantitative estimate of drug-likeness (QED) is 0.279. The standard InChI is InChI=1S/C16H15N7OS2/c1-11(14-7-2-3-8-18-14)19-20-16(25)23(21-15(24)22-26)13-6-4-5-12(9-13)10-17/h2-9,26H,1H3,(H,20,25)(H2,21,22,24). The smallest absolute Gasteiger partial charge is 0.283 e. The largest absolute Gasteiger partial charge is 0.343 e. The molecular weight excluding hydrogens is 370 g/mol. The van der Waals surface area contributed by atoms with Gasteiger partial charge in [0.05, 0.1) is 28.7 Å². The molecule has 0 aliphatic rings. The summed E-state index contributed by atoms with van der Waals surface area (Å²) in [5, 5.41) is 14.6. The lowest BCUT2D eigenvalue weighted by atomic mass is 10.2. The number of nitrogens with one attached hydrogen (secondary N) is 3.